The van der Waals surface area contributed by atoms with Gasteiger partial charge in [0.25, 0.3) is 0 Å². The summed E-state index contributed by atoms with van der Waals surface area (Å²) < 4.78 is 33.7. The van der Waals surface area contributed by atoms with Crippen LogP contribution < -0.4 is 5.14 Å². The van der Waals surface area contributed by atoms with Crippen molar-refractivity contribution >= 4 is 10.0 Å². The van der Waals surface area contributed by atoms with Crippen LogP contribution in [-0.4, -0.2) is 40.1 Å². The predicted molar refractivity (Wildman–Crippen MR) is 68.7 cm³/mol. The Bertz CT molecular complexity index is 356. The lowest BCUT2D eigenvalue weighted by molar-refractivity contribution is -0.145. The number of hydrogen-bond donors (Lipinski definition) is 1. The first kappa shape index (κ1) is 14.2. The molecule has 18 heavy (non-hydrogen) atoms. The van der Waals surface area contributed by atoms with E-state index in [-0.39, 0.29) is 17.3 Å². The van der Waals surface area contributed by atoms with Gasteiger partial charge in [0.05, 0.1) is 25.6 Å². The van der Waals surface area contributed by atoms with Gasteiger partial charge in [-0.1, -0.05) is 25.7 Å². The molecule has 6 heteroatoms. The van der Waals surface area contributed by atoms with E-state index in [0.717, 1.165) is 25.7 Å². The summed E-state index contributed by atoms with van der Waals surface area (Å²) in [5, 5.41) is 5.25. The number of rotatable bonds is 5. The van der Waals surface area contributed by atoms with Crippen molar-refractivity contribution in [3.05, 3.63) is 0 Å². The van der Waals surface area contributed by atoms with Gasteiger partial charge >= 0.3 is 0 Å². The molecule has 5 nitrogen and oxygen atoms in total. The molecule has 0 spiro atoms. The van der Waals surface area contributed by atoms with E-state index in [1.54, 1.807) is 0 Å². The van der Waals surface area contributed by atoms with Gasteiger partial charge in [0.15, 0.2) is 0 Å². The third-order valence-corrected chi connectivity index (χ3v) is 4.92. The molecule has 2 aliphatic rings. The molecule has 0 aromatic heterocycles. The molecular weight excluding hydrogens is 254 g/mol. The van der Waals surface area contributed by atoms with Crippen LogP contribution in [-0.2, 0) is 19.5 Å². The number of primary sulfonamides is 1. The lowest BCUT2D eigenvalue weighted by atomic mass is 9.83. The molecule has 0 unspecified atom stereocenters. The highest BCUT2D eigenvalue weighted by atomic mass is 32.2. The largest absolute Gasteiger partial charge is 0.376 e. The van der Waals surface area contributed by atoms with Gasteiger partial charge in [-0.25, -0.2) is 13.6 Å². The van der Waals surface area contributed by atoms with Crippen molar-refractivity contribution in [3.63, 3.8) is 0 Å². The normalized spacial score (nSPS) is 25.4. The van der Waals surface area contributed by atoms with Crippen LogP contribution in [0.1, 0.15) is 38.5 Å². The number of sulfonamides is 1. The quantitative estimate of drug-likeness (QED) is 0.761. The van der Waals surface area contributed by atoms with Crippen molar-refractivity contribution in [2.45, 2.75) is 44.6 Å². The highest BCUT2D eigenvalue weighted by Crippen LogP contribution is 2.36. The molecule has 1 heterocycles. The SMILES string of the molecule is NS(=O)(=O)CC1(COC2COC2)CCCCCC1. The topological polar surface area (TPSA) is 78.6 Å². The van der Waals surface area contributed by atoms with E-state index in [0.29, 0.717) is 19.8 Å². The van der Waals surface area contributed by atoms with Gasteiger partial charge in [0.1, 0.15) is 6.10 Å². The van der Waals surface area contributed by atoms with Crippen LogP contribution >= 0.6 is 0 Å². The van der Waals surface area contributed by atoms with Crippen LogP contribution in [0.25, 0.3) is 0 Å². The van der Waals surface area contributed by atoms with Crippen molar-refractivity contribution < 1.29 is 17.9 Å². The van der Waals surface area contributed by atoms with Crippen LogP contribution in [0.4, 0.5) is 0 Å². The fraction of sp³-hybridized carbons (Fsp3) is 1.00. The average molecular weight is 277 g/mol. The Labute approximate surface area is 109 Å². The summed E-state index contributed by atoms with van der Waals surface area (Å²) in [6.07, 6.45) is 6.44. The Morgan fingerprint density at radius 1 is 1.17 bits per heavy atom. The van der Waals surface area contributed by atoms with Gasteiger partial charge in [-0.3, -0.25) is 0 Å². The molecular formula is C12H23NO4S. The van der Waals surface area contributed by atoms with Crippen molar-refractivity contribution in [2.24, 2.45) is 10.6 Å². The molecule has 0 bridgehead atoms. The Balaban J connectivity index is 1.99. The minimum atomic E-state index is -3.45. The molecule has 106 valence electrons. The minimum Gasteiger partial charge on any atom is -0.376 e. The van der Waals surface area contributed by atoms with Crippen LogP contribution in [0.3, 0.4) is 0 Å². The lowest BCUT2D eigenvalue weighted by Crippen LogP contribution is -2.43. The Hall–Kier alpha value is -0.170. The second-order valence-electron chi connectivity index (χ2n) is 5.69. The highest BCUT2D eigenvalue weighted by molar-refractivity contribution is 7.89. The molecule has 0 radical (unpaired) electrons. The summed E-state index contributed by atoms with van der Waals surface area (Å²) in [4.78, 5) is 0. The molecule has 2 fully saturated rings. The first-order valence-electron chi connectivity index (χ1n) is 6.69. The highest BCUT2D eigenvalue weighted by Gasteiger charge is 2.36. The Kier molecular flexibility index (Phi) is 4.64. The summed E-state index contributed by atoms with van der Waals surface area (Å²) >= 11 is 0. The summed E-state index contributed by atoms with van der Waals surface area (Å²) in [6.45, 7) is 1.76. The second kappa shape index (κ2) is 5.86. The van der Waals surface area contributed by atoms with E-state index >= 15 is 0 Å². The first-order chi connectivity index (χ1) is 8.49. The Morgan fingerprint density at radius 3 is 2.22 bits per heavy atom. The predicted octanol–water partition coefficient (Wildman–Crippen LogP) is 1.03. The van der Waals surface area contributed by atoms with Gasteiger partial charge < -0.3 is 9.47 Å². The molecule has 1 saturated heterocycles. The zero-order valence-electron chi connectivity index (χ0n) is 10.8. The number of hydrogen-bond acceptors (Lipinski definition) is 4. The standard InChI is InChI=1S/C12H23NO4S/c13-18(14,15)10-12(5-3-1-2-4-6-12)9-17-11-7-16-8-11/h11H,1-10H2,(H2,13,14,15). The van der Waals surface area contributed by atoms with Crippen molar-refractivity contribution in [1.29, 1.82) is 0 Å². The third kappa shape index (κ3) is 4.19. The van der Waals surface area contributed by atoms with Gasteiger partial charge in [0.2, 0.25) is 10.0 Å². The van der Waals surface area contributed by atoms with Crippen LogP contribution in [0.5, 0.6) is 0 Å². The maximum absolute atomic E-state index is 11.4. The van der Waals surface area contributed by atoms with E-state index in [1.165, 1.54) is 12.8 Å². The number of nitrogens with two attached hydrogens (primary N) is 1. The minimum absolute atomic E-state index is 0.0492. The molecule has 0 aromatic carbocycles. The molecule has 0 atom stereocenters. The summed E-state index contributed by atoms with van der Waals surface area (Å²) in [5.74, 6) is 0.0492. The zero-order chi connectivity index (χ0) is 13.1. The second-order valence-corrected chi connectivity index (χ2v) is 7.31. The van der Waals surface area contributed by atoms with Gasteiger partial charge in [-0.05, 0) is 12.8 Å². The van der Waals surface area contributed by atoms with Gasteiger partial charge in [-0.15, -0.1) is 0 Å². The van der Waals surface area contributed by atoms with E-state index in [4.69, 9.17) is 14.6 Å². The summed E-state index contributed by atoms with van der Waals surface area (Å²) in [7, 11) is -3.45. The molecule has 1 saturated carbocycles. The van der Waals surface area contributed by atoms with Crippen molar-refractivity contribution in [1.82, 2.24) is 0 Å². The van der Waals surface area contributed by atoms with Gasteiger partial charge in [0, 0.05) is 5.41 Å². The average Bonchev–Trinajstić information content (AvgIpc) is 2.39. The molecule has 1 aliphatic carbocycles. The zero-order valence-corrected chi connectivity index (χ0v) is 11.6. The van der Waals surface area contributed by atoms with E-state index in [9.17, 15) is 8.42 Å². The summed E-state index contributed by atoms with van der Waals surface area (Å²) in [5.41, 5.74) is -0.278. The van der Waals surface area contributed by atoms with Crippen molar-refractivity contribution in [2.75, 3.05) is 25.6 Å². The lowest BCUT2D eigenvalue weighted by Gasteiger charge is -2.35. The van der Waals surface area contributed by atoms with Gasteiger partial charge in [-0.2, -0.15) is 0 Å². The molecule has 0 aromatic rings. The first-order valence-corrected chi connectivity index (χ1v) is 8.41. The van der Waals surface area contributed by atoms with Crippen LogP contribution in [0.15, 0.2) is 0 Å². The maximum Gasteiger partial charge on any atom is 0.209 e. The smallest absolute Gasteiger partial charge is 0.209 e. The molecule has 0 amide bonds. The van der Waals surface area contributed by atoms with E-state index in [2.05, 4.69) is 0 Å². The van der Waals surface area contributed by atoms with Crippen LogP contribution in [0, 0.1) is 5.41 Å². The maximum atomic E-state index is 11.4. The van der Waals surface area contributed by atoms with Crippen molar-refractivity contribution in [3.8, 4) is 0 Å². The van der Waals surface area contributed by atoms with E-state index in [1.807, 2.05) is 0 Å². The molecule has 1 aliphatic heterocycles. The Morgan fingerprint density at radius 2 is 1.78 bits per heavy atom. The van der Waals surface area contributed by atoms with E-state index < -0.39 is 10.0 Å². The van der Waals surface area contributed by atoms with Crippen LogP contribution in [0.2, 0.25) is 0 Å². The monoisotopic (exact) mass is 277 g/mol. The third-order valence-electron chi connectivity index (χ3n) is 3.90. The summed E-state index contributed by atoms with van der Waals surface area (Å²) in [6, 6.07) is 0. The fourth-order valence-corrected chi connectivity index (χ4v) is 4.07. The molecule has 2 rings (SSSR count). The fourth-order valence-electron chi connectivity index (χ4n) is 2.84. The number of ether oxygens (including phenoxy) is 2. The molecule has 2 N–H and O–H groups in total.